The molecule has 3 aromatic carbocycles. The van der Waals surface area contributed by atoms with Crippen molar-refractivity contribution in [2.75, 3.05) is 6.54 Å². The Balaban J connectivity index is 1.82. The van der Waals surface area contributed by atoms with Crippen LogP contribution in [0.1, 0.15) is 43.4 Å². The van der Waals surface area contributed by atoms with Crippen molar-refractivity contribution in [2.24, 2.45) is 0 Å². The van der Waals surface area contributed by atoms with Gasteiger partial charge in [-0.1, -0.05) is 86.5 Å². The molecule has 1 aliphatic carbocycles. The van der Waals surface area contributed by atoms with Crippen LogP contribution in [0.3, 0.4) is 0 Å². The summed E-state index contributed by atoms with van der Waals surface area (Å²) in [7, 11) is -3.60. The Kier molecular flexibility index (Phi) is 5.33. The first-order chi connectivity index (χ1) is 13.6. The van der Waals surface area contributed by atoms with E-state index >= 15 is 0 Å². The summed E-state index contributed by atoms with van der Waals surface area (Å²) >= 11 is 0. The predicted octanol–water partition coefficient (Wildman–Crippen LogP) is 5.79. The molecule has 0 bridgehead atoms. The lowest BCUT2D eigenvalue weighted by atomic mass is 9.90. The van der Waals surface area contributed by atoms with E-state index in [0.29, 0.717) is 11.4 Å². The molecule has 0 saturated carbocycles. The fraction of sp³-hybridized carbons (Fsp3) is 0.250. The maximum absolute atomic E-state index is 13.5. The summed E-state index contributed by atoms with van der Waals surface area (Å²) in [6.45, 7) is 2.64. The molecule has 0 N–H and O–H groups in total. The highest BCUT2D eigenvalue weighted by molar-refractivity contribution is 7.89. The molecule has 3 nitrogen and oxygen atoms in total. The van der Waals surface area contributed by atoms with Crippen LogP contribution in [-0.4, -0.2) is 19.3 Å². The SMILES string of the molecule is CCCCCN(C1C=Cc2cccc3cccc1c23)S(=O)(=O)c1ccccc1. The van der Waals surface area contributed by atoms with Gasteiger partial charge in [0.1, 0.15) is 0 Å². The van der Waals surface area contributed by atoms with Gasteiger partial charge in [0.2, 0.25) is 10.0 Å². The first-order valence-electron chi connectivity index (χ1n) is 9.89. The van der Waals surface area contributed by atoms with Crippen molar-refractivity contribution in [1.82, 2.24) is 4.31 Å². The van der Waals surface area contributed by atoms with Crippen molar-refractivity contribution in [1.29, 1.82) is 0 Å². The molecular formula is C24H25NO2S. The molecule has 28 heavy (non-hydrogen) atoms. The second-order valence-electron chi connectivity index (χ2n) is 7.23. The minimum absolute atomic E-state index is 0.291. The van der Waals surface area contributed by atoms with Gasteiger partial charge in [0.05, 0.1) is 10.9 Å². The largest absolute Gasteiger partial charge is 0.243 e. The van der Waals surface area contributed by atoms with Crippen molar-refractivity contribution >= 4 is 26.9 Å². The topological polar surface area (TPSA) is 37.4 Å². The van der Waals surface area contributed by atoms with E-state index in [1.807, 2.05) is 24.3 Å². The third-order valence-corrected chi connectivity index (χ3v) is 7.28. The zero-order valence-corrected chi connectivity index (χ0v) is 16.9. The van der Waals surface area contributed by atoms with E-state index in [0.717, 1.165) is 41.2 Å². The zero-order valence-electron chi connectivity index (χ0n) is 16.1. The number of rotatable bonds is 7. The Hall–Kier alpha value is -2.43. The monoisotopic (exact) mass is 391 g/mol. The second kappa shape index (κ2) is 7.90. The van der Waals surface area contributed by atoms with Crippen LogP contribution in [-0.2, 0) is 10.0 Å². The first-order valence-corrected chi connectivity index (χ1v) is 11.3. The molecule has 0 spiro atoms. The van der Waals surface area contributed by atoms with E-state index < -0.39 is 10.0 Å². The summed E-state index contributed by atoms with van der Waals surface area (Å²) in [5.41, 5.74) is 2.21. The Morgan fingerprint density at radius 2 is 1.64 bits per heavy atom. The van der Waals surface area contributed by atoms with Gasteiger partial charge < -0.3 is 0 Å². The quantitative estimate of drug-likeness (QED) is 0.478. The van der Waals surface area contributed by atoms with Crippen molar-refractivity contribution in [2.45, 2.75) is 37.1 Å². The molecule has 0 heterocycles. The van der Waals surface area contributed by atoms with E-state index in [9.17, 15) is 8.42 Å². The number of hydrogen-bond acceptors (Lipinski definition) is 2. The van der Waals surface area contributed by atoms with Gasteiger partial charge in [-0.05, 0) is 40.5 Å². The highest BCUT2D eigenvalue weighted by Crippen LogP contribution is 2.38. The number of benzene rings is 3. The van der Waals surface area contributed by atoms with Gasteiger partial charge >= 0.3 is 0 Å². The third kappa shape index (κ3) is 3.38. The van der Waals surface area contributed by atoms with Crippen molar-refractivity contribution in [3.05, 3.63) is 83.9 Å². The van der Waals surface area contributed by atoms with E-state index in [2.05, 4.69) is 37.3 Å². The average molecular weight is 392 g/mol. The number of hydrogen-bond donors (Lipinski definition) is 0. The summed E-state index contributed by atoms with van der Waals surface area (Å²) in [5, 5.41) is 2.30. The maximum Gasteiger partial charge on any atom is 0.243 e. The van der Waals surface area contributed by atoms with Gasteiger partial charge in [-0.3, -0.25) is 0 Å². The summed E-state index contributed by atoms with van der Waals surface area (Å²) in [6.07, 6.45) is 7.01. The van der Waals surface area contributed by atoms with Crippen LogP contribution in [0.25, 0.3) is 16.8 Å². The van der Waals surface area contributed by atoms with Crippen molar-refractivity contribution in [3.63, 3.8) is 0 Å². The van der Waals surface area contributed by atoms with Gasteiger partial charge in [-0.25, -0.2) is 8.42 Å². The van der Waals surface area contributed by atoms with E-state index in [4.69, 9.17) is 0 Å². The standard InChI is InChI=1S/C24H25NO2S/c1-2-3-7-18-25(28(26,27)21-13-5-4-6-14-21)23-17-16-20-11-8-10-19-12-9-15-22(23)24(19)20/h4-6,8-17,23H,2-3,7,18H2,1H3. The third-order valence-electron chi connectivity index (χ3n) is 5.39. The van der Waals surface area contributed by atoms with Crippen molar-refractivity contribution < 1.29 is 8.42 Å². The molecule has 0 aliphatic heterocycles. The minimum Gasteiger partial charge on any atom is -0.207 e. The Bertz CT molecular complexity index is 1100. The van der Waals surface area contributed by atoms with Gasteiger partial charge in [-0.15, -0.1) is 0 Å². The molecular weight excluding hydrogens is 366 g/mol. The molecule has 0 aromatic heterocycles. The van der Waals surface area contributed by atoms with Crippen LogP contribution >= 0.6 is 0 Å². The average Bonchev–Trinajstić information content (AvgIpc) is 2.73. The van der Waals surface area contributed by atoms with Crippen LogP contribution < -0.4 is 0 Å². The summed E-state index contributed by atoms with van der Waals surface area (Å²) in [5.74, 6) is 0. The Labute approximate surface area is 167 Å². The lowest BCUT2D eigenvalue weighted by Gasteiger charge is -2.32. The molecule has 1 aliphatic rings. The summed E-state index contributed by atoms with van der Waals surface area (Å²) in [6, 6.07) is 20.9. The Morgan fingerprint density at radius 1 is 0.893 bits per heavy atom. The molecule has 0 radical (unpaired) electrons. The van der Waals surface area contributed by atoms with Crippen LogP contribution in [0.5, 0.6) is 0 Å². The van der Waals surface area contributed by atoms with Gasteiger partial charge in [-0.2, -0.15) is 4.31 Å². The Morgan fingerprint density at radius 3 is 2.39 bits per heavy atom. The van der Waals surface area contributed by atoms with Gasteiger partial charge in [0.25, 0.3) is 0 Å². The highest BCUT2D eigenvalue weighted by atomic mass is 32.2. The second-order valence-corrected chi connectivity index (χ2v) is 9.12. The van der Waals surface area contributed by atoms with Gasteiger partial charge in [0.15, 0.2) is 0 Å². The minimum atomic E-state index is -3.60. The van der Waals surface area contributed by atoms with Crippen LogP contribution in [0, 0.1) is 0 Å². The molecule has 3 aromatic rings. The van der Waals surface area contributed by atoms with E-state index in [1.54, 1.807) is 28.6 Å². The van der Waals surface area contributed by atoms with E-state index in [-0.39, 0.29) is 6.04 Å². The predicted molar refractivity (Wildman–Crippen MR) is 116 cm³/mol. The van der Waals surface area contributed by atoms with Gasteiger partial charge in [0, 0.05) is 6.54 Å². The summed E-state index contributed by atoms with van der Waals surface area (Å²) in [4.78, 5) is 0.353. The van der Waals surface area contributed by atoms with E-state index in [1.165, 1.54) is 0 Å². The fourth-order valence-corrected chi connectivity index (χ4v) is 5.61. The zero-order chi connectivity index (χ0) is 19.6. The number of unbranched alkanes of at least 4 members (excludes halogenated alkanes) is 2. The maximum atomic E-state index is 13.5. The summed E-state index contributed by atoms with van der Waals surface area (Å²) < 4.78 is 28.8. The highest BCUT2D eigenvalue weighted by Gasteiger charge is 2.33. The molecule has 0 fully saturated rings. The molecule has 1 atom stereocenters. The van der Waals surface area contributed by atoms with Crippen LogP contribution in [0.4, 0.5) is 0 Å². The lowest BCUT2D eigenvalue weighted by molar-refractivity contribution is 0.359. The lowest BCUT2D eigenvalue weighted by Crippen LogP contribution is -2.35. The van der Waals surface area contributed by atoms with Crippen LogP contribution in [0.2, 0.25) is 0 Å². The molecule has 0 amide bonds. The molecule has 144 valence electrons. The number of nitrogens with zero attached hydrogens (tertiary/aromatic N) is 1. The molecule has 4 heteroatoms. The first kappa shape index (κ1) is 18.9. The molecule has 0 saturated heterocycles. The molecule has 4 rings (SSSR count). The smallest absolute Gasteiger partial charge is 0.207 e. The fourth-order valence-electron chi connectivity index (χ4n) is 3.99. The normalized spacial score (nSPS) is 16.0. The number of sulfonamides is 1. The van der Waals surface area contributed by atoms with Crippen LogP contribution in [0.15, 0.2) is 77.7 Å². The molecule has 1 unspecified atom stereocenters. The van der Waals surface area contributed by atoms with Crippen molar-refractivity contribution in [3.8, 4) is 0 Å².